The largest absolute Gasteiger partial charge is 0.469 e. The Morgan fingerprint density at radius 3 is 2.22 bits per heavy atom. The molecule has 1 saturated carbocycles. The Morgan fingerprint density at radius 1 is 0.920 bits per heavy atom. The van der Waals surface area contributed by atoms with Crippen molar-refractivity contribution in [3.05, 3.63) is 22.8 Å². The zero-order valence-electron chi connectivity index (χ0n) is 32.0. The molecule has 12 atom stereocenters. The van der Waals surface area contributed by atoms with E-state index in [0.717, 1.165) is 18.4 Å². The van der Waals surface area contributed by atoms with Gasteiger partial charge >= 0.3 is 5.97 Å². The van der Waals surface area contributed by atoms with E-state index in [9.17, 15) is 34.5 Å². The lowest BCUT2D eigenvalue weighted by atomic mass is 9.58. The van der Waals surface area contributed by atoms with Gasteiger partial charge < -0.3 is 24.8 Å². The quantitative estimate of drug-likeness (QED) is 0.230. The highest BCUT2D eigenvalue weighted by Gasteiger charge is 2.53. The van der Waals surface area contributed by atoms with Gasteiger partial charge in [-0.1, -0.05) is 57.8 Å². The van der Waals surface area contributed by atoms with E-state index in [4.69, 9.17) is 9.47 Å². The van der Waals surface area contributed by atoms with Gasteiger partial charge in [-0.3, -0.25) is 19.2 Å². The standard InChI is InChI=1S/C41H64O9/c1-22(2)27-19-30(42)25(5)12-10-11-23(3)18-32(44)38-28-17-24(4)13-14-34-40(7,47)16-15-35(50-34)41(8,48)21-33(45)36(28)26(6)37(39(46)49-9)29(38)20-31(27)43/h17,22-23,25,27-29,33-35,37-38,45,47-48H,10-16,18-21H2,1-9H3/t23-,25+,27-,28-,29?,33+,34-,35+,37-,38-,40+,41-/m0/s1. The number of carbonyl (C=O) groups is 4. The predicted molar refractivity (Wildman–Crippen MR) is 191 cm³/mol. The Balaban J connectivity index is 1.93. The number of Topliss-reactive ketones (excluding diaryl/α,β-unsaturated/α-hetero) is 3. The number of methoxy groups -OCH3 is 1. The number of ketones is 3. The smallest absolute Gasteiger partial charge is 0.313 e. The molecule has 3 N–H and O–H groups in total. The fourth-order valence-electron chi connectivity index (χ4n) is 9.52. The average Bonchev–Trinajstić information content (AvgIpc) is 3.00. The third-order valence-corrected chi connectivity index (χ3v) is 12.8. The van der Waals surface area contributed by atoms with Crippen LogP contribution in [0, 0.1) is 47.3 Å². The number of aliphatic hydroxyl groups is 3. The lowest BCUT2D eigenvalue weighted by molar-refractivity contribution is -0.219. The minimum atomic E-state index is -1.48. The van der Waals surface area contributed by atoms with E-state index >= 15 is 0 Å². The topological polar surface area (TPSA) is 147 Å². The Morgan fingerprint density at radius 2 is 1.58 bits per heavy atom. The summed E-state index contributed by atoms with van der Waals surface area (Å²) in [7, 11) is 1.30. The molecule has 4 aliphatic rings. The van der Waals surface area contributed by atoms with E-state index < -0.39 is 65.1 Å². The maximum atomic E-state index is 14.8. The molecule has 2 aliphatic heterocycles. The van der Waals surface area contributed by atoms with Gasteiger partial charge in [-0.25, -0.2) is 0 Å². The van der Waals surface area contributed by atoms with Crippen LogP contribution in [-0.4, -0.2) is 75.3 Å². The Hall–Kier alpha value is -2.20. The molecular formula is C41H64O9. The number of hydrogen-bond donors (Lipinski definition) is 3. The summed E-state index contributed by atoms with van der Waals surface area (Å²) in [6, 6.07) is 0. The summed E-state index contributed by atoms with van der Waals surface area (Å²) in [5, 5.41) is 35.2. The van der Waals surface area contributed by atoms with Crippen LogP contribution in [0.25, 0.3) is 0 Å². The van der Waals surface area contributed by atoms with Gasteiger partial charge in [0.05, 0.1) is 42.5 Å². The molecule has 2 bridgehead atoms. The number of allylic oxidation sites excluding steroid dienone is 2. The summed E-state index contributed by atoms with van der Waals surface area (Å²) in [4.78, 5) is 56.3. The summed E-state index contributed by atoms with van der Waals surface area (Å²) in [5.74, 6) is -4.68. The number of rotatable bonds is 2. The van der Waals surface area contributed by atoms with Crippen molar-refractivity contribution in [2.45, 2.75) is 156 Å². The van der Waals surface area contributed by atoms with Crippen molar-refractivity contribution >= 4 is 23.3 Å². The van der Waals surface area contributed by atoms with Crippen LogP contribution in [0.4, 0.5) is 0 Å². The van der Waals surface area contributed by atoms with Gasteiger partial charge in [-0.2, -0.15) is 0 Å². The van der Waals surface area contributed by atoms with Crippen molar-refractivity contribution in [2.24, 2.45) is 47.3 Å². The van der Waals surface area contributed by atoms with Crippen molar-refractivity contribution in [1.82, 2.24) is 0 Å². The van der Waals surface area contributed by atoms with Crippen LogP contribution >= 0.6 is 0 Å². The highest BCUT2D eigenvalue weighted by Crippen LogP contribution is 2.50. The monoisotopic (exact) mass is 700 g/mol. The SMILES string of the molecule is COC(=O)[C@H]1C(C)=C2[C@H](O)C[C@](C)(O)[C@H]3CC[C@@](C)(O)[C@H](CCC(C)=C[C@@H]2[C@@H]2C(=O)C[C@@H](C)CCC[C@@H](C)C(=O)C[C@@H](C(C)C)C(=O)CC12)O3. The number of carbonyl (C=O) groups excluding carboxylic acids is 4. The van der Waals surface area contributed by atoms with Crippen LogP contribution in [0.5, 0.6) is 0 Å². The van der Waals surface area contributed by atoms with Crippen molar-refractivity contribution in [3.63, 3.8) is 0 Å². The molecule has 0 aromatic rings. The molecule has 0 aromatic carbocycles. The second kappa shape index (κ2) is 16.2. The molecule has 2 heterocycles. The summed E-state index contributed by atoms with van der Waals surface area (Å²) in [6.07, 6.45) is 3.97. The van der Waals surface area contributed by atoms with Gasteiger partial charge in [-0.05, 0) is 83.1 Å². The normalized spacial score (nSPS) is 41.6. The van der Waals surface area contributed by atoms with Gasteiger partial charge in [0, 0.05) is 49.4 Å². The first-order valence-corrected chi connectivity index (χ1v) is 19.1. The third-order valence-electron chi connectivity index (χ3n) is 12.8. The molecule has 0 spiro atoms. The minimum Gasteiger partial charge on any atom is -0.469 e. The molecule has 9 nitrogen and oxygen atoms in total. The summed E-state index contributed by atoms with van der Waals surface area (Å²) in [6.45, 7) is 15.0. The fraction of sp³-hybridized carbons (Fsp3) is 0.805. The molecule has 282 valence electrons. The maximum Gasteiger partial charge on any atom is 0.313 e. The number of hydrogen-bond acceptors (Lipinski definition) is 9. The first kappa shape index (κ1) is 40.6. The van der Waals surface area contributed by atoms with Crippen molar-refractivity contribution < 1.29 is 44.0 Å². The summed E-state index contributed by atoms with van der Waals surface area (Å²) in [5.41, 5.74) is -0.542. The average molecular weight is 701 g/mol. The molecule has 0 amide bonds. The molecule has 50 heavy (non-hydrogen) atoms. The van der Waals surface area contributed by atoms with Crippen LogP contribution in [0.15, 0.2) is 22.8 Å². The zero-order chi connectivity index (χ0) is 37.3. The van der Waals surface area contributed by atoms with Crippen LogP contribution in [-0.2, 0) is 28.7 Å². The van der Waals surface area contributed by atoms with Crippen LogP contribution in [0.1, 0.15) is 126 Å². The van der Waals surface area contributed by atoms with Crippen molar-refractivity contribution in [2.75, 3.05) is 7.11 Å². The fourth-order valence-corrected chi connectivity index (χ4v) is 9.52. The predicted octanol–water partition coefficient (Wildman–Crippen LogP) is 6.10. The first-order chi connectivity index (χ1) is 23.3. The maximum absolute atomic E-state index is 14.8. The van der Waals surface area contributed by atoms with E-state index in [2.05, 4.69) is 0 Å². The Labute approximate surface area is 299 Å². The van der Waals surface area contributed by atoms with Gasteiger partial charge in [0.1, 0.15) is 17.3 Å². The van der Waals surface area contributed by atoms with Crippen LogP contribution in [0.3, 0.4) is 0 Å². The van der Waals surface area contributed by atoms with E-state index in [-0.39, 0.29) is 60.8 Å². The molecule has 1 saturated heterocycles. The highest BCUT2D eigenvalue weighted by atomic mass is 16.5. The lowest BCUT2D eigenvalue weighted by Crippen LogP contribution is -2.55. The second-order valence-electron chi connectivity index (χ2n) is 17.3. The molecule has 0 radical (unpaired) electrons. The minimum absolute atomic E-state index is 0.0141. The van der Waals surface area contributed by atoms with Crippen LogP contribution in [0.2, 0.25) is 0 Å². The molecule has 1 unspecified atom stereocenters. The zero-order valence-corrected chi connectivity index (χ0v) is 32.0. The molecular weight excluding hydrogens is 636 g/mol. The molecule has 9 heteroatoms. The highest BCUT2D eigenvalue weighted by molar-refractivity contribution is 5.91. The molecule has 2 aliphatic carbocycles. The number of aliphatic hydroxyl groups excluding tert-OH is 1. The van der Waals surface area contributed by atoms with Gasteiger partial charge in [0.2, 0.25) is 0 Å². The Bertz CT molecular complexity index is 1340. The summed E-state index contributed by atoms with van der Waals surface area (Å²) >= 11 is 0. The number of fused-ring (bicyclic) bond motifs is 5. The van der Waals surface area contributed by atoms with Gasteiger partial charge in [0.15, 0.2) is 0 Å². The van der Waals surface area contributed by atoms with Crippen LogP contribution < -0.4 is 0 Å². The second-order valence-corrected chi connectivity index (χ2v) is 17.3. The first-order valence-electron chi connectivity index (χ1n) is 19.1. The number of esters is 1. The van der Waals surface area contributed by atoms with Gasteiger partial charge in [0.25, 0.3) is 0 Å². The van der Waals surface area contributed by atoms with E-state index in [1.807, 2.05) is 40.7 Å². The summed E-state index contributed by atoms with van der Waals surface area (Å²) < 4.78 is 11.7. The van der Waals surface area contributed by atoms with Crippen molar-refractivity contribution in [1.29, 1.82) is 0 Å². The lowest BCUT2D eigenvalue weighted by Gasteiger charge is -2.48. The van der Waals surface area contributed by atoms with E-state index in [1.165, 1.54) is 7.11 Å². The third kappa shape index (κ3) is 8.87. The Kier molecular flexibility index (Phi) is 13.2. The van der Waals surface area contributed by atoms with Crippen molar-refractivity contribution in [3.8, 4) is 0 Å². The van der Waals surface area contributed by atoms with E-state index in [1.54, 1.807) is 20.8 Å². The molecule has 4 rings (SSSR count). The molecule has 2 fully saturated rings. The molecule has 0 aromatic heterocycles. The number of ether oxygens (including phenoxy) is 2. The van der Waals surface area contributed by atoms with E-state index in [0.29, 0.717) is 43.3 Å². The van der Waals surface area contributed by atoms with Gasteiger partial charge in [-0.15, -0.1) is 0 Å².